The Morgan fingerprint density at radius 2 is 1.85 bits per heavy atom. The van der Waals surface area contributed by atoms with Gasteiger partial charge in [0.25, 0.3) is 0 Å². The first kappa shape index (κ1) is 7.60. The van der Waals surface area contributed by atoms with E-state index in [2.05, 4.69) is 10.1 Å². The number of rotatable bonds is 1. The fourth-order valence-electron chi connectivity index (χ4n) is 1.06. The third-order valence-corrected chi connectivity index (χ3v) is 1.74. The molecule has 0 aromatic carbocycles. The molecule has 0 amide bonds. The Kier molecular flexibility index (Phi) is 1.63. The van der Waals surface area contributed by atoms with Crippen molar-refractivity contribution in [3.05, 3.63) is 30.7 Å². The Morgan fingerprint density at radius 3 is 2.38 bits per heavy atom. The Hall–Kier alpha value is -2.04. The summed E-state index contributed by atoms with van der Waals surface area (Å²) in [6.45, 7) is 0. The fourth-order valence-corrected chi connectivity index (χ4v) is 1.06. The summed E-state index contributed by atoms with van der Waals surface area (Å²) in [5.74, 6) is 0.450. The van der Waals surface area contributed by atoms with E-state index < -0.39 is 0 Å². The van der Waals surface area contributed by atoms with E-state index in [1.165, 1.54) is 6.20 Å². The van der Waals surface area contributed by atoms with Gasteiger partial charge in [-0.15, -0.1) is 0 Å². The standard InChI is InChI=1S/C8H9N5/c9-7-5-12-13(8(7)10)6-1-3-11-4-2-6/h1-5H,9-10H2. The van der Waals surface area contributed by atoms with Crippen LogP contribution in [-0.2, 0) is 0 Å². The highest BCUT2D eigenvalue weighted by molar-refractivity contribution is 5.60. The molecular formula is C8H9N5. The van der Waals surface area contributed by atoms with Gasteiger partial charge < -0.3 is 11.5 Å². The largest absolute Gasteiger partial charge is 0.394 e. The van der Waals surface area contributed by atoms with E-state index >= 15 is 0 Å². The SMILES string of the molecule is Nc1cnn(-c2ccncc2)c1N. The van der Waals surface area contributed by atoms with Crippen molar-refractivity contribution in [3.8, 4) is 5.69 Å². The minimum Gasteiger partial charge on any atom is -0.394 e. The Bertz CT molecular complexity index is 406. The smallest absolute Gasteiger partial charge is 0.150 e. The van der Waals surface area contributed by atoms with E-state index in [-0.39, 0.29) is 0 Å². The quantitative estimate of drug-likeness (QED) is 0.658. The molecule has 66 valence electrons. The monoisotopic (exact) mass is 175 g/mol. The van der Waals surface area contributed by atoms with Crippen LogP contribution in [0.15, 0.2) is 30.7 Å². The molecule has 0 aliphatic rings. The number of nitrogens with zero attached hydrogens (tertiary/aromatic N) is 3. The summed E-state index contributed by atoms with van der Waals surface area (Å²) in [5, 5.41) is 4.02. The van der Waals surface area contributed by atoms with E-state index in [0.717, 1.165) is 5.69 Å². The van der Waals surface area contributed by atoms with Crippen LogP contribution in [0, 0.1) is 0 Å². The summed E-state index contributed by atoms with van der Waals surface area (Å²) >= 11 is 0. The van der Waals surface area contributed by atoms with Crippen molar-refractivity contribution in [1.82, 2.24) is 14.8 Å². The van der Waals surface area contributed by atoms with Gasteiger partial charge in [-0.2, -0.15) is 5.10 Å². The summed E-state index contributed by atoms with van der Waals surface area (Å²) in [7, 11) is 0. The van der Waals surface area contributed by atoms with E-state index in [0.29, 0.717) is 11.5 Å². The summed E-state index contributed by atoms with van der Waals surface area (Å²) < 4.78 is 1.57. The second-order valence-electron chi connectivity index (χ2n) is 2.60. The Labute approximate surface area is 75.0 Å². The lowest BCUT2D eigenvalue weighted by atomic mass is 10.4. The van der Waals surface area contributed by atoms with Crippen LogP contribution in [0.2, 0.25) is 0 Å². The van der Waals surface area contributed by atoms with Gasteiger partial charge in [0.05, 0.1) is 17.6 Å². The molecule has 0 bridgehead atoms. The van der Waals surface area contributed by atoms with E-state index in [4.69, 9.17) is 11.5 Å². The molecule has 0 aliphatic heterocycles. The first-order chi connectivity index (χ1) is 6.29. The molecule has 0 aliphatic carbocycles. The van der Waals surface area contributed by atoms with Crippen LogP contribution in [0.25, 0.3) is 5.69 Å². The predicted molar refractivity (Wildman–Crippen MR) is 50.2 cm³/mol. The topological polar surface area (TPSA) is 82.8 Å². The normalized spacial score (nSPS) is 10.2. The molecule has 5 heteroatoms. The zero-order valence-corrected chi connectivity index (χ0v) is 6.88. The van der Waals surface area contributed by atoms with Crippen molar-refractivity contribution in [3.63, 3.8) is 0 Å². The van der Waals surface area contributed by atoms with Crippen LogP contribution >= 0.6 is 0 Å². The molecule has 13 heavy (non-hydrogen) atoms. The molecule has 0 radical (unpaired) electrons. The lowest BCUT2D eigenvalue weighted by molar-refractivity contribution is 0.888. The van der Waals surface area contributed by atoms with Crippen molar-refractivity contribution in [2.24, 2.45) is 0 Å². The van der Waals surface area contributed by atoms with Crippen LogP contribution in [0.1, 0.15) is 0 Å². The van der Waals surface area contributed by atoms with Crippen LogP contribution in [0.5, 0.6) is 0 Å². The minimum absolute atomic E-state index is 0.450. The third-order valence-electron chi connectivity index (χ3n) is 1.74. The molecular weight excluding hydrogens is 166 g/mol. The highest BCUT2D eigenvalue weighted by atomic mass is 15.3. The predicted octanol–water partition coefficient (Wildman–Crippen LogP) is 0.432. The lowest BCUT2D eigenvalue weighted by Crippen LogP contribution is -2.02. The molecule has 0 saturated carbocycles. The van der Waals surface area contributed by atoms with Crippen LogP contribution in [-0.4, -0.2) is 14.8 Å². The number of hydrogen-bond donors (Lipinski definition) is 2. The fraction of sp³-hybridized carbons (Fsp3) is 0. The van der Waals surface area contributed by atoms with Gasteiger partial charge in [-0.3, -0.25) is 4.98 Å². The van der Waals surface area contributed by atoms with Gasteiger partial charge in [-0.25, -0.2) is 4.68 Å². The van der Waals surface area contributed by atoms with Gasteiger partial charge >= 0.3 is 0 Å². The molecule has 0 unspecified atom stereocenters. The first-order valence-electron chi connectivity index (χ1n) is 3.78. The highest BCUT2D eigenvalue weighted by Gasteiger charge is 2.04. The van der Waals surface area contributed by atoms with Crippen molar-refractivity contribution in [1.29, 1.82) is 0 Å². The van der Waals surface area contributed by atoms with Gasteiger partial charge in [0.2, 0.25) is 0 Å². The molecule has 2 heterocycles. The second-order valence-corrected chi connectivity index (χ2v) is 2.60. The summed E-state index contributed by atoms with van der Waals surface area (Å²) in [5.41, 5.74) is 12.6. The lowest BCUT2D eigenvalue weighted by Gasteiger charge is -2.02. The zero-order chi connectivity index (χ0) is 9.26. The molecule has 2 aromatic rings. The Morgan fingerprint density at radius 1 is 1.15 bits per heavy atom. The summed E-state index contributed by atoms with van der Waals surface area (Å²) in [6.07, 6.45) is 4.87. The molecule has 0 fully saturated rings. The Balaban J connectivity index is 2.53. The van der Waals surface area contributed by atoms with E-state index in [1.54, 1.807) is 17.1 Å². The summed E-state index contributed by atoms with van der Waals surface area (Å²) in [4.78, 5) is 3.89. The third kappa shape index (κ3) is 1.20. The second kappa shape index (κ2) is 2.78. The van der Waals surface area contributed by atoms with Crippen molar-refractivity contribution in [2.75, 3.05) is 11.5 Å². The molecule has 0 saturated heterocycles. The maximum absolute atomic E-state index is 5.69. The van der Waals surface area contributed by atoms with Gasteiger partial charge in [0, 0.05) is 12.4 Å². The van der Waals surface area contributed by atoms with Crippen LogP contribution < -0.4 is 11.5 Å². The average Bonchev–Trinajstić information content (AvgIpc) is 2.49. The number of nitrogens with two attached hydrogens (primary N) is 2. The van der Waals surface area contributed by atoms with Gasteiger partial charge in [-0.05, 0) is 12.1 Å². The molecule has 2 aromatic heterocycles. The van der Waals surface area contributed by atoms with Gasteiger partial charge in [-0.1, -0.05) is 0 Å². The number of nitrogen functional groups attached to an aromatic ring is 2. The molecule has 4 N–H and O–H groups in total. The number of anilines is 2. The molecule has 5 nitrogen and oxygen atoms in total. The van der Waals surface area contributed by atoms with Gasteiger partial charge in [0.15, 0.2) is 0 Å². The summed E-state index contributed by atoms with van der Waals surface area (Å²) in [6, 6.07) is 3.62. The van der Waals surface area contributed by atoms with Crippen LogP contribution in [0.3, 0.4) is 0 Å². The maximum atomic E-state index is 5.69. The maximum Gasteiger partial charge on any atom is 0.150 e. The number of aromatic nitrogens is 3. The van der Waals surface area contributed by atoms with E-state index in [9.17, 15) is 0 Å². The van der Waals surface area contributed by atoms with Crippen molar-refractivity contribution < 1.29 is 0 Å². The van der Waals surface area contributed by atoms with Crippen LogP contribution in [0.4, 0.5) is 11.5 Å². The highest BCUT2D eigenvalue weighted by Crippen LogP contribution is 2.17. The minimum atomic E-state index is 0.450. The average molecular weight is 175 g/mol. The molecule has 0 atom stereocenters. The zero-order valence-electron chi connectivity index (χ0n) is 6.88. The number of pyridine rings is 1. The first-order valence-corrected chi connectivity index (χ1v) is 3.78. The molecule has 0 spiro atoms. The van der Waals surface area contributed by atoms with Gasteiger partial charge in [0.1, 0.15) is 5.82 Å². The number of hydrogen-bond acceptors (Lipinski definition) is 4. The van der Waals surface area contributed by atoms with E-state index in [1.807, 2.05) is 12.1 Å². The van der Waals surface area contributed by atoms with Crippen molar-refractivity contribution in [2.45, 2.75) is 0 Å². The molecule has 2 rings (SSSR count). The van der Waals surface area contributed by atoms with Crippen molar-refractivity contribution >= 4 is 11.5 Å².